The summed E-state index contributed by atoms with van der Waals surface area (Å²) in [6.45, 7) is -0.0156. The molecule has 1 aliphatic carbocycles. The van der Waals surface area contributed by atoms with Crippen LogP contribution in [0.5, 0.6) is 0 Å². The minimum Gasteiger partial charge on any atom is -0.396 e. The van der Waals surface area contributed by atoms with Crippen LogP contribution in [0.3, 0.4) is 0 Å². The van der Waals surface area contributed by atoms with Gasteiger partial charge in [-0.3, -0.25) is 0 Å². The van der Waals surface area contributed by atoms with Crippen LogP contribution in [0, 0.1) is 5.92 Å². The van der Waals surface area contributed by atoms with Crippen molar-refractivity contribution < 1.29 is 15.3 Å². The van der Waals surface area contributed by atoms with E-state index < -0.39 is 12.2 Å². The molecule has 1 rings (SSSR count). The summed E-state index contributed by atoms with van der Waals surface area (Å²) in [6, 6.07) is 0. The molecule has 0 radical (unpaired) electrons. The number of aliphatic hydroxyl groups excluding tert-OH is 3. The molecule has 0 amide bonds. The van der Waals surface area contributed by atoms with Gasteiger partial charge in [0.1, 0.15) is 0 Å². The van der Waals surface area contributed by atoms with Gasteiger partial charge in [-0.05, 0) is 12.8 Å². The van der Waals surface area contributed by atoms with Gasteiger partial charge in [0.2, 0.25) is 0 Å². The van der Waals surface area contributed by atoms with Crippen molar-refractivity contribution in [2.75, 3.05) is 6.61 Å². The quantitative estimate of drug-likeness (QED) is 0.467. The molecule has 0 aromatic carbocycles. The molecule has 0 aliphatic heterocycles. The number of aliphatic hydroxyl groups is 3. The summed E-state index contributed by atoms with van der Waals surface area (Å²) in [5.74, 6) is -0.108. The predicted molar refractivity (Wildman–Crippen MR) is 36.4 cm³/mol. The minimum absolute atomic E-state index is 0.0156. The predicted octanol–water partition coefficient (Wildman–Crippen LogP) is -0.499. The highest BCUT2D eigenvalue weighted by atomic mass is 16.3. The van der Waals surface area contributed by atoms with Gasteiger partial charge in [-0.25, -0.2) is 0 Å². The Morgan fingerprint density at radius 1 is 1.20 bits per heavy atom. The van der Waals surface area contributed by atoms with Crippen molar-refractivity contribution in [1.82, 2.24) is 0 Å². The topological polar surface area (TPSA) is 60.7 Å². The Labute approximate surface area is 60.3 Å². The van der Waals surface area contributed by atoms with Crippen LogP contribution in [0.2, 0.25) is 0 Å². The highest BCUT2D eigenvalue weighted by molar-refractivity contribution is 4.80. The van der Waals surface area contributed by atoms with E-state index in [9.17, 15) is 5.11 Å². The van der Waals surface area contributed by atoms with Crippen LogP contribution >= 0.6 is 0 Å². The van der Waals surface area contributed by atoms with Gasteiger partial charge in [-0.1, -0.05) is 6.42 Å². The lowest BCUT2D eigenvalue weighted by Crippen LogP contribution is -2.38. The summed E-state index contributed by atoms with van der Waals surface area (Å²) in [5, 5.41) is 27.1. The van der Waals surface area contributed by atoms with E-state index in [2.05, 4.69) is 0 Å². The Bertz CT molecular complexity index is 105. The first-order chi connectivity index (χ1) is 4.75. The third kappa shape index (κ3) is 1.48. The van der Waals surface area contributed by atoms with Crippen LogP contribution in [0.4, 0.5) is 0 Å². The van der Waals surface area contributed by atoms with E-state index >= 15 is 0 Å². The normalized spacial score (nSPS) is 41.7. The molecule has 3 atom stereocenters. The molecular weight excluding hydrogens is 132 g/mol. The maximum absolute atomic E-state index is 9.23. The van der Waals surface area contributed by atoms with E-state index in [1.54, 1.807) is 0 Å². The lowest BCUT2D eigenvalue weighted by Gasteiger charge is -2.30. The van der Waals surface area contributed by atoms with Crippen molar-refractivity contribution in [3.8, 4) is 0 Å². The largest absolute Gasteiger partial charge is 0.396 e. The Hall–Kier alpha value is -0.120. The van der Waals surface area contributed by atoms with Crippen LogP contribution in [0.15, 0.2) is 0 Å². The Kier molecular flexibility index (Phi) is 2.65. The second-order valence-corrected chi connectivity index (χ2v) is 2.93. The van der Waals surface area contributed by atoms with Gasteiger partial charge < -0.3 is 15.3 Å². The van der Waals surface area contributed by atoms with Gasteiger partial charge in [0, 0.05) is 12.5 Å². The zero-order valence-electron chi connectivity index (χ0n) is 5.90. The molecule has 0 unspecified atom stereocenters. The maximum atomic E-state index is 9.23. The molecule has 60 valence electrons. The van der Waals surface area contributed by atoms with Crippen molar-refractivity contribution in [2.45, 2.75) is 31.5 Å². The Morgan fingerprint density at radius 3 is 2.40 bits per heavy atom. The van der Waals surface area contributed by atoms with Crippen LogP contribution in [0.25, 0.3) is 0 Å². The van der Waals surface area contributed by atoms with Crippen LogP contribution < -0.4 is 0 Å². The molecule has 3 heteroatoms. The molecular formula is C7H14O3. The zero-order valence-corrected chi connectivity index (χ0v) is 5.90. The highest BCUT2D eigenvalue weighted by Gasteiger charge is 2.29. The summed E-state index contributed by atoms with van der Waals surface area (Å²) >= 11 is 0. The fourth-order valence-corrected chi connectivity index (χ4v) is 1.44. The molecule has 3 nitrogen and oxygen atoms in total. The standard InChI is InChI=1S/C7H14O3/c8-4-5-2-1-3-6(9)7(5)10/h5-10H,1-4H2/t5-,6-,7-/m1/s1. The summed E-state index contributed by atoms with van der Waals surface area (Å²) in [5.41, 5.74) is 0. The average Bonchev–Trinajstić information content (AvgIpc) is 1.95. The smallest absolute Gasteiger partial charge is 0.0849 e. The third-order valence-corrected chi connectivity index (χ3v) is 2.19. The van der Waals surface area contributed by atoms with Gasteiger partial charge in [0.15, 0.2) is 0 Å². The van der Waals surface area contributed by atoms with Crippen LogP contribution in [0.1, 0.15) is 19.3 Å². The number of hydrogen-bond donors (Lipinski definition) is 3. The molecule has 0 heterocycles. The van der Waals surface area contributed by atoms with Gasteiger partial charge in [-0.2, -0.15) is 0 Å². The van der Waals surface area contributed by atoms with Crippen LogP contribution in [-0.2, 0) is 0 Å². The maximum Gasteiger partial charge on any atom is 0.0849 e. The second-order valence-electron chi connectivity index (χ2n) is 2.93. The molecule has 1 fully saturated rings. The number of rotatable bonds is 1. The molecule has 10 heavy (non-hydrogen) atoms. The zero-order chi connectivity index (χ0) is 7.56. The second kappa shape index (κ2) is 3.32. The van der Waals surface area contributed by atoms with Gasteiger partial charge in [-0.15, -0.1) is 0 Å². The van der Waals surface area contributed by atoms with Gasteiger partial charge >= 0.3 is 0 Å². The summed E-state index contributed by atoms with van der Waals surface area (Å²) in [7, 11) is 0. The van der Waals surface area contributed by atoms with Crippen molar-refractivity contribution in [3.05, 3.63) is 0 Å². The summed E-state index contributed by atoms with van der Waals surface area (Å²) in [4.78, 5) is 0. The SMILES string of the molecule is OC[C@H]1CCC[C@@H](O)[C@@H]1O. The fourth-order valence-electron chi connectivity index (χ4n) is 1.44. The molecule has 0 saturated heterocycles. The van der Waals surface area contributed by atoms with Gasteiger partial charge in [0.25, 0.3) is 0 Å². The fraction of sp³-hybridized carbons (Fsp3) is 1.00. The van der Waals surface area contributed by atoms with Gasteiger partial charge in [0.05, 0.1) is 12.2 Å². The van der Waals surface area contributed by atoms with E-state index in [1.807, 2.05) is 0 Å². The van der Waals surface area contributed by atoms with E-state index in [-0.39, 0.29) is 12.5 Å². The number of hydrogen-bond acceptors (Lipinski definition) is 3. The monoisotopic (exact) mass is 146 g/mol. The van der Waals surface area contributed by atoms with Crippen molar-refractivity contribution in [2.24, 2.45) is 5.92 Å². The molecule has 0 bridgehead atoms. The first-order valence-corrected chi connectivity index (χ1v) is 3.72. The molecule has 1 saturated carbocycles. The minimum atomic E-state index is -0.709. The third-order valence-electron chi connectivity index (χ3n) is 2.19. The summed E-state index contributed by atoms with van der Waals surface area (Å²) < 4.78 is 0. The molecule has 0 spiro atoms. The molecule has 0 aromatic heterocycles. The van der Waals surface area contributed by atoms with E-state index in [0.29, 0.717) is 6.42 Å². The Morgan fingerprint density at radius 2 is 1.90 bits per heavy atom. The molecule has 1 aliphatic rings. The summed E-state index contributed by atoms with van der Waals surface area (Å²) in [6.07, 6.45) is 1.07. The Balaban J connectivity index is 2.42. The molecule has 3 N–H and O–H groups in total. The lowest BCUT2D eigenvalue weighted by atomic mass is 9.85. The van der Waals surface area contributed by atoms with E-state index in [0.717, 1.165) is 12.8 Å². The first kappa shape index (κ1) is 7.98. The molecule has 0 aromatic rings. The van der Waals surface area contributed by atoms with E-state index in [4.69, 9.17) is 10.2 Å². The highest BCUT2D eigenvalue weighted by Crippen LogP contribution is 2.23. The lowest BCUT2D eigenvalue weighted by molar-refractivity contribution is -0.0585. The van der Waals surface area contributed by atoms with E-state index in [1.165, 1.54) is 0 Å². The van der Waals surface area contributed by atoms with Crippen molar-refractivity contribution >= 4 is 0 Å². The van der Waals surface area contributed by atoms with Crippen molar-refractivity contribution in [1.29, 1.82) is 0 Å². The first-order valence-electron chi connectivity index (χ1n) is 3.72. The van der Waals surface area contributed by atoms with Crippen LogP contribution in [-0.4, -0.2) is 34.1 Å². The average molecular weight is 146 g/mol. The van der Waals surface area contributed by atoms with Crippen molar-refractivity contribution in [3.63, 3.8) is 0 Å².